The highest BCUT2D eigenvalue weighted by Gasteiger charge is 2.48. The van der Waals surface area contributed by atoms with Gasteiger partial charge in [-0.2, -0.15) is 0 Å². The molecule has 2 aliphatic rings. The predicted octanol–water partition coefficient (Wildman–Crippen LogP) is 25.4. The molecular weight excluding hydrogens is 1370 g/mol. The molecule has 528 valence electrons. The van der Waals surface area contributed by atoms with Crippen LogP contribution in [0.3, 0.4) is 0 Å². The van der Waals surface area contributed by atoms with Crippen molar-refractivity contribution in [2.24, 2.45) is 0 Å². The predicted molar refractivity (Wildman–Crippen MR) is 451 cm³/mol. The minimum absolute atomic E-state index is 0.604. The molecule has 2 aliphatic heterocycles. The Bertz CT molecular complexity index is 6220. The van der Waals surface area contributed by atoms with Crippen LogP contribution in [0.4, 0.5) is 0 Å². The van der Waals surface area contributed by atoms with E-state index in [1.54, 1.807) is 0 Å². The lowest BCUT2D eigenvalue weighted by Crippen LogP contribution is -2.34. The van der Waals surface area contributed by atoms with Gasteiger partial charge >= 0.3 is 0 Å². The zero-order valence-electron chi connectivity index (χ0n) is 60.9. The number of hydrogen-bond acceptors (Lipinski definition) is 8. The van der Waals surface area contributed by atoms with Crippen LogP contribution in [-0.2, 0) is 10.8 Å². The van der Waals surface area contributed by atoms with Gasteiger partial charge in [-0.1, -0.05) is 388 Å². The van der Waals surface area contributed by atoms with Crippen molar-refractivity contribution in [2.45, 2.75) is 10.8 Å². The first-order valence-corrected chi connectivity index (χ1v) is 37.7. The van der Waals surface area contributed by atoms with Gasteiger partial charge in [0.25, 0.3) is 0 Å². The van der Waals surface area contributed by atoms with Crippen LogP contribution >= 0.6 is 0 Å². The third-order valence-electron chi connectivity index (χ3n) is 21.4. The quantitative estimate of drug-likeness (QED) is 0.106. The standard InChI is InChI=1S/2C52H35N3O/c1-4-18-36(19-5-1)49-53-50(37-20-6-2-7-21-37)55-51(54-49)41-25-17-23-39(35-41)38-22-16-24-40(34-38)43-28-10-11-29-44(43)52(42-26-8-3-9-27-42)45-30-12-14-32-47(45)56-48-33-15-13-31-46(48)52;1-4-16-39(17-5-1)49-53-50(40-18-6-2-7-19-40)55-51(54-49)41-34-30-37(31-35-41)36-28-32-38(33-29-36)43-22-10-11-23-44(43)52(42-20-8-3-9-21-42)45-24-12-14-26-47(45)56-48-27-15-13-25-46(48)52/h2*1-35H. The van der Waals surface area contributed by atoms with Gasteiger partial charge in [0.2, 0.25) is 0 Å². The lowest BCUT2D eigenvalue weighted by molar-refractivity contribution is 0.434. The average molecular weight is 1440 g/mol. The Morgan fingerprint density at radius 2 is 0.375 bits per heavy atom. The van der Waals surface area contributed by atoms with Gasteiger partial charge in [0.15, 0.2) is 34.9 Å². The monoisotopic (exact) mass is 1430 g/mol. The lowest BCUT2D eigenvalue weighted by atomic mass is 9.62. The highest BCUT2D eigenvalue weighted by molar-refractivity contribution is 5.84. The second kappa shape index (κ2) is 29.7. The molecule has 0 saturated carbocycles. The molecule has 112 heavy (non-hydrogen) atoms. The minimum Gasteiger partial charge on any atom is -0.457 e. The zero-order chi connectivity index (χ0) is 74.6. The van der Waals surface area contributed by atoms with Crippen LogP contribution in [0.15, 0.2) is 425 Å². The SMILES string of the molecule is c1ccc(-c2nc(-c3ccccc3)nc(-c3ccc(-c4ccc(-c5ccccc5C5(c6ccccc6)c6ccccc6Oc6ccccc65)cc4)cc3)n2)cc1.c1ccc(-c2nc(-c3ccccc3)nc(-c3cccc(-c4cccc(-c5ccccc5C5(c6ccccc6)c6ccccc6Oc6ccccc65)c4)c3)n2)cc1. The summed E-state index contributed by atoms with van der Waals surface area (Å²) in [4.78, 5) is 29.6. The molecule has 0 aliphatic carbocycles. The van der Waals surface area contributed by atoms with E-state index in [0.29, 0.717) is 34.9 Å². The van der Waals surface area contributed by atoms with E-state index >= 15 is 0 Å². The number of fused-ring (bicyclic) bond motifs is 4. The molecule has 4 heterocycles. The molecule has 0 fully saturated rings. The molecule has 0 spiro atoms. The van der Waals surface area contributed by atoms with Crippen molar-refractivity contribution in [1.82, 2.24) is 29.9 Å². The number of para-hydroxylation sites is 4. The second-order valence-electron chi connectivity index (χ2n) is 27.9. The molecule has 18 aromatic rings. The molecule has 0 amide bonds. The number of hydrogen-bond donors (Lipinski definition) is 0. The molecule has 0 radical (unpaired) electrons. The normalized spacial score (nSPS) is 12.6. The van der Waals surface area contributed by atoms with Crippen LogP contribution in [0.25, 0.3) is 113 Å². The van der Waals surface area contributed by atoms with Crippen molar-refractivity contribution in [3.8, 4) is 136 Å². The van der Waals surface area contributed by atoms with E-state index in [1.165, 1.54) is 27.8 Å². The van der Waals surface area contributed by atoms with Crippen LogP contribution in [0, 0.1) is 0 Å². The third-order valence-corrected chi connectivity index (χ3v) is 21.4. The number of aromatic nitrogens is 6. The Morgan fingerprint density at radius 3 is 0.723 bits per heavy atom. The van der Waals surface area contributed by atoms with E-state index in [1.807, 2.05) is 146 Å². The highest BCUT2D eigenvalue weighted by atomic mass is 16.5. The van der Waals surface area contributed by atoms with Crippen LogP contribution in [0.2, 0.25) is 0 Å². The summed E-state index contributed by atoms with van der Waals surface area (Å²) in [5.41, 5.74) is 22.6. The Morgan fingerprint density at radius 1 is 0.152 bits per heavy atom. The molecule has 20 rings (SSSR count). The first-order valence-electron chi connectivity index (χ1n) is 37.7. The average Bonchev–Trinajstić information content (AvgIpc) is 0.707. The van der Waals surface area contributed by atoms with Crippen molar-refractivity contribution < 1.29 is 9.47 Å². The number of nitrogens with zero attached hydrogens (tertiary/aromatic N) is 6. The maximum Gasteiger partial charge on any atom is 0.164 e. The van der Waals surface area contributed by atoms with Crippen LogP contribution in [-0.4, -0.2) is 29.9 Å². The van der Waals surface area contributed by atoms with Crippen LogP contribution < -0.4 is 9.47 Å². The summed E-state index contributed by atoms with van der Waals surface area (Å²) in [5, 5.41) is 0. The van der Waals surface area contributed by atoms with Gasteiger partial charge in [-0.05, 0) is 103 Å². The summed E-state index contributed by atoms with van der Waals surface area (Å²) < 4.78 is 13.2. The van der Waals surface area contributed by atoms with Crippen molar-refractivity contribution >= 4 is 0 Å². The first kappa shape index (κ1) is 67.7. The molecule has 8 nitrogen and oxygen atoms in total. The van der Waals surface area contributed by atoms with Crippen molar-refractivity contribution in [2.75, 3.05) is 0 Å². The molecule has 0 saturated heterocycles. The topological polar surface area (TPSA) is 95.8 Å². The van der Waals surface area contributed by atoms with E-state index in [-0.39, 0.29) is 0 Å². The van der Waals surface area contributed by atoms with Gasteiger partial charge in [-0.3, -0.25) is 0 Å². The van der Waals surface area contributed by atoms with E-state index in [4.69, 9.17) is 39.4 Å². The summed E-state index contributed by atoms with van der Waals surface area (Å²) in [7, 11) is 0. The molecule has 0 unspecified atom stereocenters. The molecule has 16 aromatic carbocycles. The molecular formula is C104H70N6O2. The number of benzene rings is 16. The van der Waals surface area contributed by atoms with Crippen molar-refractivity contribution in [3.63, 3.8) is 0 Å². The summed E-state index contributed by atoms with van der Waals surface area (Å²) in [5.74, 6) is 7.31. The Labute approximate surface area is 651 Å². The Balaban J connectivity index is 0.000000151. The molecule has 2 aromatic heterocycles. The Hall–Kier alpha value is -14.9. The van der Waals surface area contributed by atoms with E-state index in [9.17, 15) is 0 Å². The summed E-state index contributed by atoms with van der Waals surface area (Å²) >= 11 is 0. The van der Waals surface area contributed by atoms with Crippen LogP contribution in [0.1, 0.15) is 44.5 Å². The van der Waals surface area contributed by atoms with Gasteiger partial charge < -0.3 is 9.47 Å². The fraction of sp³-hybridized carbons (Fsp3) is 0.0192. The molecule has 0 atom stereocenters. The van der Waals surface area contributed by atoms with Gasteiger partial charge in [0, 0.05) is 55.6 Å². The number of rotatable bonds is 14. The van der Waals surface area contributed by atoms with E-state index in [2.05, 4.69) is 279 Å². The smallest absolute Gasteiger partial charge is 0.164 e. The van der Waals surface area contributed by atoms with Crippen molar-refractivity contribution in [3.05, 3.63) is 469 Å². The lowest BCUT2D eigenvalue weighted by Gasteiger charge is -2.42. The van der Waals surface area contributed by atoms with E-state index < -0.39 is 10.8 Å². The molecule has 0 N–H and O–H groups in total. The minimum atomic E-state index is -0.634. The summed E-state index contributed by atoms with van der Waals surface area (Å²) in [6.07, 6.45) is 0. The number of ether oxygens (including phenoxy) is 2. The summed E-state index contributed by atoms with van der Waals surface area (Å²) in [6.45, 7) is 0. The largest absolute Gasteiger partial charge is 0.457 e. The third kappa shape index (κ3) is 12.6. The van der Waals surface area contributed by atoms with Gasteiger partial charge in [0.1, 0.15) is 23.0 Å². The van der Waals surface area contributed by atoms with Gasteiger partial charge in [-0.25, -0.2) is 29.9 Å². The van der Waals surface area contributed by atoms with Gasteiger partial charge in [0.05, 0.1) is 10.8 Å². The maximum absolute atomic E-state index is 6.60. The Kier molecular flexibility index (Phi) is 18.0. The second-order valence-corrected chi connectivity index (χ2v) is 27.9. The van der Waals surface area contributed by atoms with Gasteiger partial charge in [-0.15, -0.1) is 0 Å². The maximum atomic E-state index is 6.60. The molecule has 0 bridgehead atoms. The zero-order valence-corrected chi connectivity index (χ0v) is 60.9. The van der Waals surface area contributed by atoms with E-state index in [0.717, 1.165) is 118 Å². The first-order chi connectivity index (χ1) is 55.5. The summed E-state index contributed by atoms with van der Waals surface area (Å²) in [6, 6.07) is 148. The van der Waals surface area contributed by atoms with Crippen LogP contribution in [0.5, 0.6) is 23.0 Å². The fourth-order valence-corrected chi connectivity index (χ4v) is 16.2. The fourth-order valence-electron chi connectivity index (χ4n) is 16.2. The highest BCUT2D eigenvalue weighted by Crippen LogP contribution is 2.59. The molecule has 8 heteroatoms. The van der Waals surface area contributed by atoms with Crippen molar-refractivity contribution in [1.29, 1.82) is 0 Å².